The monoisotopic (exact) mass is 306 g/mol. The van der Waals surface area contributed by atoms with Crippen molar-refractivity contribution in [1.29, 1.82) is 0 Å². The third-order valence-electron chi connectivity index (χ3n) is 3.07. The first-order valence-corrected chi connectivity index (χ1v) is 6.13. The predicted octanol–water partition coefficient (Wildman–Crippen LogP) is 4.27. The second kappa shape index (κ2) is 4.84. The van der Waals surface area contributed by atoms with Gasteiger partial charge in [-0.2, -0.15) is 0 Å². The average Bonchev–Trinajstić information content (AvgIpc) is 2.20. The number of hydrogen-bond acceptors (Lipinski definition) is 1. The molecule has 1 rings (SSSR count). The minimum atomic E-state index is -1.00. The van der Waals surface area contributed by atoms with Crippen LogP contribution in [0.25, 0.3) is 0 Å². The summed E-state index contributed by atoms with van der Waals surface area (Å²) < 4.78 is 14.3. The first-order chi connectivity index (χ1) is 7.31. The van der Waals surface area contributed by atoms with Crippen LogP contribution in [-0.4, -0.2) is 5.24 Å². The minimum absolute atomic E-state index is 0.0821. The number of halogens is 3. The van der Waals surface area contributed by atoms with Gasteiger partial charge in [0.25, 0.3) is 0 Å². The van der Waals surface area contributed by atoms with E-state index in [0.717, 1.165) is 0 Å². The van der Waals surface area contributed by atoms with Crippen LogP contribution in [0.3, 0.4) is 0 Å². The van der Waals surface area contributed by atoms with Gasteiger partial charge in [0.1, 0.15) is 5.82 Å². The van der Waals surface area contributed by atoms with Crippen molar-refractivity contribution in [2.75, 3.05) is 0 Å². The summed E-state index contributed by atoms with van der Waals surface area (Å²) in [6.45, 7) is 5.36. The van der Waals surface area contributed by atoms with E-state index in [0.29, 0.717) is 10.0 Å². The Morgan fingerprint density at radius 3 is 2.50 bits per heavy atom. The van der Waals surface area contributed by atoms with Gasteiger partial charge < -0.3 is 0 Å². The van der Waals surface area contributed by atoms with Crippen molar-refractivity contribution < 1.29 is 9.18 Å². The number of benzene rings is 1. The lowest BCUT2D eigenvalue weighted by molar-refractivity contribution is -0.117. The molecule has 0 aliphatic rings. The van der Waals surface area contributed by atoms with Gasteiger partial charge in [-0.3, -0.25) is 4.79 Å². The molecule has 0 saturated heterocycles. The second-order valence-electron chi connectivity index (χ2n) is 4.23. The Bertz CT molecular complexity index is 419. The molecule has 0 bridgehead atoms. The van der Waals surface area contributed by atoms with Crippen LogP contribution in [0.5, 0.6) is 0 Å². The molecule has 0 amide bonds. The van der Waals surface area contributed by atoms with Gasteiger partial charge in [-0.05, 0) is 46.4 Å². The van der Waals surface area contributed by atoms with Crippen LogP contribution in [0.4, 0.5) is 4.39 Å². The summed E-state index contributed by atoms with van der Waals surface area (Å²) >= 11 is 8.73. The van der Waals surface area contributed by atoms with E-state index in [-0.39, 0.29) is 5.92 Å². The van der Waals surface area contributed by atoms with Crippen molar-refractivity contribution in [1.82, 2.24) is 0 Å². The van der Waals surface area contributed by atoms with Crippen LogP contribution < -0.4 is 0 Å². The number of hydrogen-bond donors (Lipinski definition) is 0. The van der Waals surface area contributed by atoms with Crippen LogP contribution in [0, 0.1) is 11.7 Å². The highest BCUT2D eigenvalue weighted by Crippen LogP contribution is 2.37. The maximum absolute atomic E-state index is 14.0. The van der Waals surface area contributed by atoms with E-state index in [1.165, 1.54) is 0 Å². The van der Waals surface area contributed by atoms with Gasteiger partial charge in [0.05, 0.1) is 9.89 Å². The van der Waals surface area contributed by atoms with Gasteiger partial charge in [0, 0.05) is 5.56 Å². The standard InChI is InChI=1S/C12H13BrClFO/c1-7(2)12(3,11(14)16)8-5-4-6-9(13)10(8)15/h4-7H,1-3H3. The molecule has 0 N–H and O–H groups in total. The third kappa shape index (κ3) is 2.16. The molecule has 0 heterocycles. The van der Waals surface area contributed by atoms with E-state index in [2.05, 4.69) is 15.9 Å². The molecule has 0 aromatic heterocycles. The fourth-order valence-electron chi connectivity index (χ4n) is 1.55. The zero-order chi connectivity index (χ0) is 12.5. The largest absolute Gasteiger partial charge is 0.280 e. The second-order valence-corrected chi connectivity index (χ2v) is 5.43. The Labute approximate surface area is 108 Å². The SMILES string of the molecule is CC(C)C(C)(C(=O)Cl)c1cccc(Br)c1F. The van der Waals surface area contributed by atoms with Crippen LogP contribution in [0.15, 0.2) is 22.7 Å². The first kappa shape index (κ1) is 13.7. The predicted molar refractivity (Wildman–Crippen MR) is 67.2 cm³/mol. The molecule has 1 aromatic carbocycles. The summed E-state index contributed by atoms with van der Waals surface area (Å²) in [5.74, 6) is -0.506. The van der Waals surface area contributed by atoms with Crippen molar-refractivity contribution in [2.24, 2.45) is 5.92 Å². The van der Waals surface area contributed by atoms with Crippen LogP contribution >= 0.6 is 27.5 Å². The van der Waals surface area contributed by atoms with E-state index in [1.807, 2.05) is 13.8 Å². The Morgan fingerprint density at radius 2 is 2.06 bits per heavy atom. The molecule has 1 unspecified atom stereocenters. The highest BCUT2D eigenvalue weighted by molar-refractivity contribution is 9.10. The third-order valence-corrected chi connectivity index (χ3v) is 4.08. The summed E-state index contributed by atoms with van der Waals surface area (Å²) in [4.78, 5) is 11.6. The number of carbonyl (C=O) groups is 1. The Morgan fingerprint density at radius 1 is 1.50 bits per heavy atom. The topological polar surface area (TPSA) is 17.1 Å². The highest BCUT2D eigenvalue weighted by atomic mass is 79.9. The molecule has 1 atom stereocenters. The van der Waals surface area contributed by atoms with Gasteiger partial charge in [-0.15, -0.1) is 0 Å². The van der Waals surface area contributed by atoms with Gasteiger partial charge in [0.2, 0.25) is 5.24 Å². The van der Waals surface area contributed by atoms with E-state index in [9.17, 15) is 9.18 Å². The van der Waals surface area contributed by atoms with Crippen LogP contribution in [0.2, 0.25) is 0 Å². The average molecular weight is 308 g/mol. The first-order valence-electron chi connectivity index (χ1n) is 4.96. The molecule has 88 valence electrons. The lowest BCUT2D eigenvalue weighted by atomic mass is 9.74. The molecule has 16 heavy (non-hydrogen) atoms. The smallest absolute Gasteiger partial charge is 0.232 e. The molecule has 0 spiro atoms. The molecule has 0 aliphatic carbocycles. The van der Waals surface area contributed by atoms with Crippen molar-refractivity contribution in [3.8, 4) is 0 Å². The summed E-state index contributed by atoms with van der Waals surface area (Å²) in [5.41, 5.74) is -0.674. The van der Waals surface area contributed by atoms with Gasteiger partial charge in [0.15, 0.2) is 0 Å². The molecular weight excluding hydrogens is 294 g/mol. The van der Waals surface area contributed by atoms with Gasteiger partial charge >= 0.3 is 0 Å². The Kier molecular flexibility index (Phi) is 4.13. The maximum atomic E-state index is 14.0. The molecule has 0 saturated carbocycles. The molecule has 4 heteroatoms. The molecule has 1 aromatic rings. The Balaban J connectivity index is 3.44. The van der Waals surface area contributed by atoms with Crippen LogP contribution in [-0.2, 0) is 10.2 Å². The highest BCUT2D eigenvalue weighted by Gasteiger charge is 2.39. The normalized spacial score (nSPS) is 14.9. The molecule has 0 radical (unpaired) electrons. The summed E-state index contributed by atoms with van der Waals surface area (Å²) in [6, 6.07) is 4.89. The van der Waals surface area contributed by atoms with Crippen molar-refractivity contribution >= 4 is 32.8 Å². The number of carbonyl (C=O) groups excluding carboxylic acids is 1. The van der Waals surface area contributed by atoms with E-state index < -0.39 is 16.5 Å². The number of rotatable bonds is 3. The maximum Gasteiger partial charge on any atom is 0.232 e. The van der Waals surface area contributed by atoms with Crippen molar-refractivity contribution in [2.45, 2.75) is 26.2 Å². The van der Waals surface area contributed by atoms with Gasteiger partial charge in [-0.25, -0.2) is 4.39 Å². The molecular formula is C12H13BrClFO. The molecule has 1 nitrogen and oxygen atoms in total. The fraction of sp³-hybridized carbons (Fsp3) is 0.417. The zero-order valence-electron chi connectivity index (χ0n) is 9.35. The minimum Gasteiger partial charge on any atom is -0.280 e. The lowest BCUT2D eigenvalue weighted by Crippen LogP contribution is -2.36. The molecule has 0 fully saturated rings. The molecule has 0 aliphatic heterocycles. The zero-order valence-corrected chi connectivity index (χ0v) is 11.7. The van der Waals surface area contributed by atoms with E-state index in [4.69, 9.17) is 11.6 Å². The van der Waals surface area contributed by atoms with Gasteiger partial charge in [-0.1, -0.05) is 26.0 Å². The Hall–Kier alpha value is -0.410. The summed E-state index contributed by atoms with van der Waals surface area (Å²) in [5, 5.41) is -0.542. The van der Waals surface area contributed by atoms with Crippen molar-refractivity contribution in [3.05, 3.63) is 34.1 Å². The quantitative estimate of drug-likeness (QED) is 0.762. The van der Waals surface area contributed by atoms with E-state index >= 15 is 0 Å². The van der Waals surface area contributed by atoms with Crippen LogP contribution in [0.1, 0.15) is 26.3 Å². The lowest BCUT2D eigenvalue weighted by Gasteiger charge is -2.30. The summed E-state index contributed by atoms with van der Waals surface area (Å²) in [7, 11) is 0. The van der Waals surface area contributed by atoms with E-state index in [1.54, 1.807) is 25.1 Å². The summed E-state index contributed by atoms with van der Waals surface area (Å²) in [6.07, 6.45) is 0. The van der Waals surface area contributed by atoms with Crippen molar-refractivity contribution in [3.63, 3.8) is 0 Å². The fourth-order valence-corrected chi connectivity index (χ4v) is 2.23.